The van der Waals surface area contributed by atoms with Gasteiger partial charge in [-0.15, -0.1) is 0 Å². The van der Waals surface area contributed by atoms with E-state index in [1.165, 1.54) is 29.9 Å². The third-order valence-electron chi connectivity index (χ3n) is 6.27. The van der Waals surface area contributed by atoms with Crippen LogP contribution in [0.15, 0.2) is 78.3 Å². The lowest BCUT2D eigenvalue weighted by Crippen LogP contribution is -2.17. The number of nitrogens with one attached hydrogen (secondary N) is 1. The van der Waals surface area contributed by atoms with Gasteiger partial charge in [-0.3, -0.25) is 0 Å². The van der Waals surface area contributed by atoms with Crippen LogP contribution < -0.4 is 0 Å². The molecule has 0 amide bonds. The second kappa shape index (κ2) is 13.8. The molecule has 3 aromatic heterocycles. The number of aromatic nitrogens is 4. The van der Waals surface area contributed by atoms with Crippen molar-refractivity contribution in [2.45, 2.75) is 52.4 Å². The van der Waals surface area contributed by atoms with Gasteiger partial charge in [0.05, 0.1) is 35.4 Å². The Bertz CT molecular complexity index is 1450. The summed E-state index contributed by atoms with van der Waals surface area (Å²) < 4.78 is 14.5. The molecule has 1 N–H and O–H groups in total. The predicted molar refractivity (Wildman–Crippen MR) is 161 cm³/mol. The van der Waals surface area contributed by atoms with Crippen LogP contribution in [-0.4, -0.2) is 38.1 Å². The number of fused-ring (bicyclic) bond motifs is 2. The zero-order valence-electron chi connectivity index (χ0n) is 23.3. The number of aromatic amines is 1. The molecule has 0 bridgehead atoms. The van der Waals surface area contributed by atoms with Gasteiger partial charge in [0, 0.05) is 35.8 Å². The molecule has 0 fully saturated rings. The second-order valence-corrected chi connectivity index (χ2v) is 9.51. The van der Waals surface area contributed by atoms with Crippen LogP contribution in [0.5, 0.6) is 0 Å². The summed E-state index contributed by atoms with van der Waals surface area (Å²) in [5, 5.41) is 5.38. The fourth-order valence-electron chi connectivity index (χ4n) is 4.11. The summed E-state index contributed by atoms with van der Waals surface area (Å²) in [6.45, 7) is 15.4. The molecular formula is C31H38FN5S. The van der Waals surface area contributed by atoms with Gasteiger partial charge in [0.2, 0.25) is 0 Å². The Morgan fingerprint density at radius 2 is 1.79 bits per heavy atom. The minimum absolute atomic E-state index is 0.176. The van der Waals surface area contributed by atoms with Crippen LogP contribution in [0.3, 0.4) is 0 Å². The highest BCUT2D eigenvalue weighted by Crippen LogP contribution is 2.28. The van der Waals surface area contributed by atoms with Gasteiger partial charge in [0.25, 0.3) is 0 Å². The van der Waals surface area contributed by atoms with Crippen LogP contribution in [0.25, 0.3) is 33.5 Å². The van der Waals surface area contributed by atoms with E-state index in [0.29, 0.717) is 10.5 Å². The molecule has 0 unspecified atom stereocenters. The fraction of sp³-hybridized carbons (Fsp3) is 0.290. The largest absolute Gasteiger partial charge is 0.373 e. The minimum Gasteiger partial charge on any atom is -0.373 e. The maximum atomic E-state index is 12.9. The predicted octanol–water partition coefficient (Wildman–Crippen LogP) is 8.89. The molecule has 5 rings (SSSR count). The normalized spacial score (nSPS) is 10.5. The molecule has 38 heavy (non-hydrogen) atoms. The van der Waals surface area contributed by atoms with Gasteiger partial charge in [0.1, 0.15) is 4.90 Å². The quantitative estimate of drug-likeness (QED) is 0.228. The first kappa shape index (κ1) is 29.0. The van der Waals surface area contributed by atoms with Crippen LogP contribution in [0.4, 0.5) is 3.89 Å². The zero-order valence-corrected chi connectivity index (χ0v) is 24.1. The Hall–Kier alpha value is -3.58. The number of hydrogen-bond acceptors (Lipinski definition) is 4. The van der Waals surface area contributed by atoms with Crippen molar-refractivity contribution in [2.24, 2.45) is 0 Å². The number of aryl methyl sites for hydroxylation is 2. The fourth-order valence-corrected chi connectivity index (χ4v) is 4.40. The molecule has 5 nitrogen and oxygen atoms in total. The summed E-state index contributed by atoms with van der Waals surface area (Å²) in [6, 6.07) is 20.5. The number of hydrogen-bond donors (Lipinski definition) is 1. The van der Waals surface area contributed by atoms with E-state index in [9.17, 15) is 3.89 Å². The number of para-hydroxylation sites is 1. The highest BCUT2D eigenvalue weighted by molar-refractivity contribution is 7.94. The highest BCUT2D eigenvalue weighted by Gasteiger charge is 2.12. The average molecular weight is 532 g/mol. The molecule has 0 saturated heterocycles. The Morgan fingerprint density at radius 1 is 1.08 bits per heavy atom. The number of H-pyrrole nitrogens is 1. The van der Waals surface area contributed by atoms with E-state index in [1.807, 2.05) is 64.1 Å². The summed E-state index contributed by atoms with van der Waals surface area (Å²) in [5.74, 6) is 0. The SMILES string of the molecule is C=C(c1cc2ccccc2[nH]1)N(C)CCCC.CC.Cc1ccccc1-c1cc(C)n2ncc(SF)c2n1. The van der Waals surface area contributed by atoms with Crippen LogP contribution in [0.2, 0.25) is 0 Å². The maximum Gasteiger partial charge on any atom is 0.172 e. The molecule has 0 spiro atoms. The van der Waals surface area contributed by atoms with E-state index >= 15 is 0 Å². The molecule has 200 valence electrons. The van der Waals surface area contributed by atoms with E-state index in [0.717, 1.165) is 40.5 Å². The van der Waals surface area contributed by atoms with Gasteiger partial charge in [0.15, 0.2) is 5.65 Å². The topological polar surface area (TPSA) is 49.2 Å². The molecule has 0 radical (unpaired) electrons. The maximum absolute atomic E-state index is 12.9. The Labute approximate surface area is 230 Å². The summed E-state index contributed by atoms with van der Waals surface area (Å²) in [4.78, 5) is 10.6. The van der Waals surface area contributed by atoms with Crippen molar-refractivity contribution < 1.29 is 3.89 Å². The van der Waals surface area contributed by atoms with Crippen LogP contribution in [0.1, 0.15) is 50.6 Å². The van der Waals surface area contributed by atoms with E-state index < -0.39 is 0 Å². The molecule has 0 aliphatic carbocycles. The minimum atomic E-state index is 0.176. The number of halogens is 1. The van der Waals surface area contributed by atoms with Crippen LogP contribution in [0, 0.1) is 13.8 Å². The van der Waals surface area contributed by atoms with Crippen LogP contribution >= 0.6 is 12.1 Å². The van der Waals surface area contributed by atoms with Crippen molar-refractivity contribution in [3.05, 3.63) is 90.4 Å². The van der Waals surface area contributed by atoms with E-state index in [-0.39, 0.29) is 12.1 Å². The molecule has 7 heteroatoms. The molecule has 0 atom stereocenters. The molecule has 0 saturated carbocycles. The number of unbranched alkanes of at least 4 members (excludes halogenated alkanes) is 1. The van der Waals surface area contributed by atoms with Gasteiger partial charge in [-0.2, -0.15) is 8.98 Å². The van der Waals surface area contributed by atoms with Crippen LogP contribution in [-0.2, 0) is 0 Å². The van der Waals surface area contributed by atoms with Gasteiger partial charge >= 0.3 is 0 Å². The average Bonchev–Trinajstić information content (AvgIpc) is 3.57. The Kier molecular flexibility index (Phi) is 10.5. The summed E-state index contributed by atoms with van der Waals surface area (Å²) in [6.07, 6.45) is 3.92. The van der Waals surface area contributed by atoms with Crippen molar-refractivity contribution >= 4 is 34.4 Å². The lowest BCUT2D eigenvalue weighted by Gasteiger charge is -2.20. The second-order valence-electron chi connectivity index (χ2n) is 8.91. The van der Waals surface area contributed by atoms with Crippen molar-refractivity contribution in [1.82, 2.24) is 24.5 Å². The van der Waals surface area contributed by atoms with Gasteiger partial charge < -0.3 is 9.88 Å². The van der Waals surface area contributed by atoms with E-state index in [1.54, 1.807) is 4.52 Å². The standard InChI is InChI=1S/C15H20N2.C14H12FN3S.C2H6/c1-4-5-10-17(3)12(2)15-11-13-8-6-7-9-14(13)16-15;1-9-5-3-4-6-11(9)12-7-10(2)18-14(17-12)13(19-15)8-16-18;1-2/h6-9,11,16H,2,4-5,10H2,1,3H3;3-8H,1-2H3;1-2H3. The highest BCUT2D eigenvalue weighted by atomic mass is 32.2. The zero-order chi connectivity index (χ0) is 27.7. The Balaban J connectivity index is 0.000000199. The van der Waals surface area contributed by atoms with Crippen molar-refractivity contribution in [2.75, 3.05) is 13.6 Å². The van der Waals surface area contributed by atoms with Crippen molar-refractivity contribution in [3.63, 3.8) is 0 Å². The third-order valence-corrected chi connectivity index (χ3v) is 6.72. The monoisotopic (exact) mass is 531 g/mol. The summed E-state index contributed by atoms with van der Waals surface area (Å²) >= 11 is 0.176. The number of benzene rings is 2. The molecule has 0 aliphatic heterocycles. The first-order valence-electron chi connectivity index (χ1n) is 13.1. The Morgan fingerprint density at radius 3 is 2.47 bits per heavy atom. The van der Waals surface area contributed by atoms with Gasteiger partial charge in [-0.25, -0.2) is 9.50 Å². The molecule has 5 aromatic rings. The number of nitrogens with zero attached hydrogens (tertiary/aromatic N) is 4. The van der Waals surface area contributed by atoms with E-state index in [4.69, 9.17) is 0 Å². The van der Waals surface area contributed by atoms with Crippen molar-refractivity contribution in [1.29, 1.82) is 0 Å². The van der Waals surface area contributed by atoms with Crippen molar-refractivity contribution in [3.8, 4) is 11.3 Å². The third kappa shape index (κ3) is 6.64. The first-order valence-corrected chi connectivity index (χ1v) is 13.8. The van der Waals surface area contributed by atoms with E-state index in [2.05, 4.69) is 64.8 Å². The molecule has 3 heterocycles. The van der Waals surface area contributed by atoms with Gasteiger partial charge in [-0.05, 0) is 44.0 Å². The first-order chi connectivity index (χ1) is 18.4. The molecular weight excluding hydrogens is 493 g/mol. The summed E-state index contributed by atoms with van der Waals surface area (Å²) in [5.41, 5.74) is 7.90. The number of rotatable bonds is 7. The molecule has 2 aromatic carbocycles. The molecule has 0 aliphatic rings. The lowest BCUT2D eigenvalue weighted by atomic mass is 10.1. The lowest BCUT2D eigenvalue weighted by molar-refractivity contribution is 0.462. The smallest absolute Gasteiger partial charge is 0.172 e. The van der Waals surface area contributed by atoms with Gasteiger partial charge in [-0.1, -0.05) is 76.2 Å². The summed E-state index contributed by atoms with van der Waals surface area (Å²) in [7, 11) is 2.10.